The van der Waals surface area contributed by atoms with Crippen molar-refractivity contribution in [1.29, 1.82) is 0 Å². The number of rotatable bonds is 3. The van der Waals surface area contributed by atoms with Crippen LogP contribution in [0.4, 0.5) is 0 Å². The van der Waals surface area contributed by atoms with E-state index in [1.807, 2.05) is 0 Å². The molecule has 6 heteroatoms. The van der Waals surface area contributed by atoms with Gasteiger partial charge in [-0.05, 0) is 39.0 Å². The highest BCUT2D eigenvalue weighted by Crippen LogP contribution is 2.62. The van der Waals surface area contributed by atoms with E-state index in [1.54, 1.807) is 6.92 Å². The second kappa shape index (κ2) is 4.54. The number of carbonyl (C=O) groups excluding carboxylic acids is 1. The molecule has 0 aromatic carbocycles. The van der Waals surface area contributed by atoms with Crippen molar-refractivity contribution in [3.8, 4) is 0 Å². The summed E-state index contributed by atoms with van der Waals surface area (Å²) in [6.45, 7) is 2.02. The zero-order valence-electron chi connectivity index (χ0n) is 5.27. The SMILES string of the molecule is CCOC(=O)CS(Cl)(Cl)Cl. The molecule has 0 aliphatic carbocycles. The van der Waals surface area contributed by atoms with Gasteiger partial charge >= 0.3 is 5.97 Å². The lowest BCUT2D eigenvalue weighted by molar-refractivity contribution is -0.139. The minimum Gasteiger partial charge on any atom is -0.465 e. The molecule has 0 aromatic heterocycles. The van der Waals surface area contributed by atoms with Gasteiger partial charge in [-0.25, -0.2) is 0 Å². The lowest BCUT2D eigenvalue weighted by atomic mass is 10.8. The third-order valence-electron chi connectivity index (χ3n) is 0.587. The van der Waals surface area contributed by atoms with E-state index >= 15 is 0 Å². The fourth-order valence-corrected chi connectivity index (χ4v) is 1.49. The summed E-state index contributed by atoms with van der Waals surface area (Å²) in [4.78, 5) is 10.6. The maximum absolute atomic E-state index is 10.6. The summed E-state index contributed by atoms with van der Waals surface area (Å²) in [6, 6.07) is 0. The van der Waals surface area contributed by atoms with Gasteiger partial charge in [-0.15, -0.1) is 0 Å². The molecular formula is C4H7Cl3O2S. The Morgan fingerprint density at radius 1 is 1.50 bits per heavy atom. The lowest BCUT2D eigenvalue weighted by Gasteiger charge is -2.12. The van der Waals surface area contributed by atoms with Gasteiger partial charge in [-0.2, -0.15) is 0 Å². The molecule has 0 saturated heterocycles. The summed E-state index contributed by atoms with van der Waals surface area (Å²) < 4.78 is 4.55. The number of halogens is 3. The monoisotopic (exact) mass is 224 g/mol. The molecule has 0 heterocycles. The zero-order chi connectivity index (χ0) is 8.20. The molecule has 0 aliphatic rings. The normalized spacial score (nSPS) is 12.8. The maximum Gasteiger partial charge on any atom is 0.317 e. The Morgan fingerprint density at radius 3 is 2.30 bits per heavy atom. The highest BCUT2D eigenvalue weighted by Gasteiger charge is 2.19. The van der Waals surface area contributed by atoms with Gasteiger partial charge in [0, 0.05) is 7.67 Å². The van der Waals surface area contributed by atoms with Crippen molar-refractivity contribution in [3.63, 3.8) is 0 Å². The van der Waals surface area contributed by atoms with Crippen LogP contribution in [0.15, 0.2) is 0 Å². The number of hydrogen-bond acceptors (Lipinski definition) is 2. The van der Waals surface area contributed by atoms with Gasteiger partial charge in [-0.3, -0.25) is 4.79 Å². The molecule has 0 radical (unpaired) electrons. The second-order valence-corrected chi connectivity index (χ2v) is 8.91. The Bertz CT molecular complexity index is 122. The average molecular weight is 226 g/mol. The van der Waals surface area contributed by atoms with Crippen LogP contribution in [-0.2, 0) is 9.53 Å². The molecule has 0 bridgehead atoms. The zero-order valence-corrected chi connectivity index (χ0v) is 8.36. The van der Waals surface area contributed by atoms with Crippen molar-refractivity contribution in [2.45, 2.75) is 6.92 Å². The first-order valence-electron chi connectivity index (χ1n) is 2.51. The summed E-state index contributed by atoms with van der Waals surface area (Å²) >= 11 is 0. The van der Waals surface area contributed by atoms with Crippen LogP contribution in [-0.4, -0.2) is 18.3 Å². The van der Waals surface area contributed by atoms with Gasteiger partial charge < -0.3 is 4.74 Å². The van der Waals surface area contributed by atoms with Crippen LogP contribution in [0.1, 0.15) is 6.92 Å². The Labute approximate surface area is 74.6 Å². The summed E-state index contributed by atoms with van der Waals surface area (Å²) in [6.07, 6.45) is 0. The molecule has 0 aromatic rings. The van der Waals surface area contributed by atoms with Crippen molar-refractivity contribution in [1.82, 2.24) is 0 Å². The largest absolute Gasteiger partial charge is 0.465 e. The van der Waals surface area contributed by atoms with Crippen molar-refractivity contribution in [2.75, 3.05) is 12.4 Å². The van der Waals surface area contributed by atoms with Crippen LogP contribution in [0.2, 0.25) is 0 Å². The fourth-order valence-electron chi connectivity index (χ4n) is 0.336. The summed E-state index contributed by atoms with van der Waals surface area (Å²) in [7, 11) is 13.8. The Hall–Kier alpha value is 0.690. The summed E-state index contributed by atoms with van der Waals surface area (Å²) in [5.41, 5.74) is 0. The van der Waals surface area contributed by atoms with Gasteiger partial charge in [0.1, 0.15) is 5.75 Å². The van der Waals surface area contributed by atoms with E-state index in [0.29, 0.717) is 6.61 Å². The van der Waals surface area contributed by atoms with Gasteiger partial charge in [0.05, 0.1) is 6.61 Å². The van der Waals surface area contributed by atoms with E-state index in [9.17, 15) is 4.79 Å². The minimum absolute atomic E-state index is 0.120. The van der Waals surface area contributed by atoms with Crippen molar-refractivity contribution in [2.24, 2.45) is 0 Å². The first-order chi connectivity index (χ1) is 4.45. The smallest absolute Gasteiger partial charge is 0.317 e. The maximum atomic E-state index is 10.6. The first-order valence-corrected chi connectivity index (χ1v) is 6.79. The average Bonchev–Trinajstić information content (AvgIpc) is 1.59. The van der Waals surface area contributed by atoms with Crippen LogP contribution in [0, 0.1) is 0 Å². The predicted molar refractivity (Wildman–Crippen MR) is 46.7 cm³/mol. The van der Waals surface area contributed by atoms with E-state index in [1.165, 1.54) is 0 Å². The predicted octanol–water partition coefficient (Wildman–Crippen LogP) is 2.82. The molecule has 0 amide bonds. The van der Waals surface area contributed by atoms with Crippen LogP contribution in [0.5, 0.6) is 0 Å². The molecule has 0 atom stereocenters. The molecule has 0 unspecified atom stereocenters. The van der Waals surface area contributed by atoms with Crippen LogP contribution in [0.3, 0.4) is 0 Å². The Morgan fingerprint density at radius 2 is 2.00 bits per heavy atom. The lowest BCUT2D eigenvalue weighted by Crippen LogP contribution is -2.08. The second-order valence-electron chi connectivity index (χ2n) is 1.45. The van der Waals surface area contributed by atoms with Crippen LogP contribution < -0.4 is 0 Å². The summed E-state index contributed by atoms with van der Waals surface area (Å²) in [5, 5.41) is 0. The van der Waals surface area contributed by atoms with E-state index < -0.39 is 13.6 Å². The molecule has 0 N–H and O–H groups in total. The van der Waals surface area contributed by atoms with Crippen LogP contribution in [0.25, 0.3) is 0 Å². The topological polar surface area (TPSA) is 26.3 Å². The van der Waals surface area contributed by atoms with E-state index in [2.05, 4.69) is 4.74 Å². The quantitative estimate of drug-likeness (QED) is 0.691. The molecule has 2 nitrogen and oxygen atoms in total. The van der Waals surface area contributed by atoms with Crippen molar-refractivity contribution >= 4 is 45.7 Å². The third-order valence-corrected chi connectivity index (χ3v) is 2.13. The van der Waals surface area contributed by atoms with Gasteiger partial charge in [0.25, 0.3) is 0 Å². The highest BCUT2D eigenvalue weighted by atomic mass is 36.2. The molecule has 0 spiro atoms. The summed E-state index contributed by atoms with van der Waals surface area (Å²) in [5.74, 6) is -0.580. The van der Waals surface area contributed by atoms with Crippen LogP contribution >= 0.6 is 39.7 Å². The number of esters is 1. The molecule has 0 fully saturated rings. The van der Waals surface area contributed by atoms with Crippen molar-refractivity contribution < 1.29 is 9.53 Å². The molecule has 0 aliphatic heterocycles. The number of carbonyl (C=O) groups is 1. The number of ether oxygens (including phenoxy) is 1. The molecule has 0 rings (SSSR count). The van der Waals surface area contributed by atoms with E-state index in [4.69, 9.17) is 32.0 Å². The first kappa shape index (κ1) is 10.7. The minimum atomic E-state index is -2.30. The van der Waals surface area contributed by atoms with Gasteiger partial charge in [-0.1, -0.05) is 0 Å². The molecular weight excluding hydrogens is 218 g/mol. The number of hydrogen-bond donors (Lipinski definition) is 0. The molecule has 62 valence electrons. The molecule has 0 saturated carbocycles. The van der Waals surface area contributed by atoms with Crippen molar-refractivity contribution in [3.05, 3.63) is 0 Å². The Kier molecular flexibility index (Phi) is 4.86. The highest BCUT2D eigenvalue weighted by molar-refractivity contribution is 8.79. The van der Waals surface area contributed by atoms with E-state index in [-0.39, 0.29) is 5.75 Å². The van der Waals surface area contributed by atoms with Gasteiger partial charge in [0.15, 0.2) is 0 Å². The van der Waals surface area contributed by atoms with E-state index in [0.717, 1.165) is 0 Å². The third kappa shape index (κ3) is 6.81. The fraction of sp³-hybridized carbons (Fsp3) is 0.750. The Balaban J connectivity index is 3.58. The standard InChI is InChI=1S/C4H7Cl3O2S/c1-2-9-4(8)3-10(5,6)7/h2-3H2,1H3. The molecule has 10 heavy (non-hydrogen) atoms. The van der Waals surface area contributed by atoms with Gasteiger partial charge in [0.2, 0.25) is 0 Å².